The second kappa shape index (κ2) is 11.2. The van der Waals surface area contributed by atoms with Gasteiger partial charge in [0, 0.05) is 39.1 Å². The highest BCUT2D eigenvalue weighted by molar-refractivity contribution is 7.89. The molecule has 3 rings (SSSR count). The van der Waals surface area contributed by atoms with Gasteiger partial charge in [-0.05, 0) is 49.9 Å². The van der Waals surface area contributed by atoms with Crippen LogP contribution < -0.4 is 10.0 Å². The molecule has 0 saturated carbocycles. The predicted octanol–water partition coefficient (Wildman–Crippen LogP) is 2.82. The molecule has 2 N–H and O–H groups in total. The van der Waals surface area contributed by atoms with Crippen LogP contribution in [-0.4, -0.2) is 51.6 Å². The fourth-order valence-corrected chi connectivity index (χ4v) is 5.86. The molecule has 1 atom stereocenters. The Kier molecular flexibility index (Phi) is 8.64. The highest BCUT2D eigenvalue weighted by Gasteiger charge is 2.20. The van der Waals surface area contributed by atoms with Crippen LogP contribution in [0, 0.1) is 20.8 Å². The Morgan fingerprint density at radius 2 is 1.82 bits per heavy atom. The summed E-state index contributed by atoms with van der Waals surface area (Å²) in [6.07, 6.45) is 0.326. The van der Waals surface area contributed by atoms with Crippen molar-refractivity contribution in [3.05, 3.63) is 64.2 Å². The van der Waals surface area contributed by atoms with E-state index in [1.807, 2.05) is 31.2 Å². The molecule has 0 spiro atoms. The van der Waals surface area contributed by atoms with Crippen LogP contribution in [0.15, 0.2) is 41.3 Å². The number of ether oxygens (including phenoxy) is 1. The van der Waals surface area contributed by atoms with Crippen LogP contribution in [0.2, 0.25) is 0 Å². The van der Waals surface area contributed by atoms with Gasteiger partial charge in [0.2, 0.25) is 15.9 Å². The van der Waals surface area contributed by atoms with Crippen LogP contribution in [0.5, 0.6) is 0 Å². The van der Waals surface area contributed by atoms with Crippen molar-refractivity contribution in [2.45, 2.75) is 58.2 Å². The number of morpholine rings is 1. The molecule has 2 aromatic carbocycles. The first-order valence-electron chi connectivity index (χ1n) is 11.4. The van der Waals surface area contributed by atoms with Crippen molar-refractivity contribution in [1.29, 1.82) is 0 Å². The summed E-state index contributed by atoms with van der Waals surface area (Å²) in [5.74, 6) is -0.192. The van der Waals surface area contributed by atoms with Gasteiger partial charge in [-0.15, -0.1) is 0 Å². The first kappa shape index (κ1) is 25.4. The molecule has 1 fully saturated rings. The normalized spacial score (nSPS) is 17.2. The Morgan fingerprint density at radius 1 is 1.12 bits per heavy atom. The quantitative estimate of drug-likeness (QED) is 0.585. The molecule has 1 aliphatic rings. The highest BCUT2D eigenvalue weighted by Crippen LogP contribution is 2.21. The number of amides is 1. The SMILES string of the molecule is Cc1cc(C)c(S(=O)(=O)NCCC(=O)NCc2cccc(CN3CCOC(C)C3)c2)c(C)c1. The van der Waals surface area contributed by atoms with Gasteiger partial charge in [0.25, 0.3) is 0 Å². The minimum atomic E-state index is -3.67. The van der Waals surface area contributed by atoms with E-state index in [9.17, 15) is 13.2 Å². The minimum Gasteiger partial charge on any atom is -0.376 e. The highest BCUT2D eigenvalue weighted by atomic mass is 32.2. The third-order valence-corrected chi connectivity index (χ3v) is 7.50. The Labute approximate surface area is 197 Å². The van der Waals surface area contributed by atoms with Gasteiger partial charge in [0.05, 0.1) is 17.6 Å². The van der Waals surface area contributed by atoms with Gasteiger partial charge < -0.3 is 10.1 Å². The third-order valence-electron chi connectivity index (χ3n) is 5.73. The number of nitrogens with one attached hydrogen (secondary N) is 2. The Hall–Kier alpha value is -2.26. The van der Waals surface area contributed by atoms with E-state index in [1.54, 1.807) is 13.8 Å². The lowest BCUT2D eigenvalue weighted by Crippen LogP contribution is -2.40. The van der Waals surface area contributed by atoms with Gasteiger partial charge in [0.1, 0.15) is 0 Å². The molecular weight excluding hydrogens is 438 g/mol. The predicted molar refractivity (Wildman–Crippen MR) is 129 cm³/mol. The summed E-state index contributed by atoms with van der Waals surface area (Å²) in [5.41, 5.74) is 4.65. The lowest BCUT2D eigenvalue weighted by atomic mass is 10.1. The van der Waals surface area contributed by atoms with Crippen molar-refractivity contribution < 1.29 is 17.9 Å². The molecule has 0 bridgehead atoms. The first-order chi connectivity index (χ1) is 15.6. The van der Waals surface area contributed by atoms with Crippen LogP contribution in [0.3, 0.4) is 0 Å². The van der Waals surface area contributed by atoms with E-state index in [2.05, 4.69) is 34.0 Å². The van der Waals surface area contributed by atoms with Gasteiger partial charge >= 0.3 is 0 Å². The van der Waals surface area contributed by atoms with Gasteiger partial charge in [0.15, 0.2) is 0 Å². The number of sulfonamides is 1. The zero-order valence-electron chi connectivity index (χ0n) is 20.0. The summed E-state index contributed by atoms with van der Waals surface area (Å²) < 4.78 is 33.6. The second-order valence-electron chi connectivity index (χ2n) is 8.89. The van der Waals surface area contributed by atoms with Gasteiger partial charge in [-0.3, -0.25) is 9.69 Å². The van der Waals surface area contributed by atoms with Crippen molar-refractivity contribution in [2.24, 2.45) is 0 Å². The Balaban J connectivity index is 1.47. The summed E-state index contributed by atoms with van der Waals surface area (Å²) in [7, 11) is -3.67. The number of carbonyl (C=O) groups is 1. The van der Waals surface area contributed by atoms with Crippen molar-refractivity contribution in [3.8, 4) is 0 Å². The van der Waals surface area contributed by atoms with Gasteiger partial charge in [-0.25, -0.2) is 13.1 Å². The third kappa shape index (κ3) is 7.37. The minimum absolute atomic E-state index is 0.0518. The monoisotopic (exact) mass is 473 g/mol. The molecule has 1 heterocycles. The lowest BCUT2D eigenvalue weighted by Gasteiger charge is -2.31. The Bertz CT molecular complexity index is 1060. The number of hydrogen-bond donors (Lipinski definition) is 2. The number of hydrogen-bond acceptors (Lipinski definition) is 5. The molecule has 2 aromatic rings. The van der Waals surface area contributed by atoms with Crippen molar-refractivity contribution in [2.75, 3.05) is 26.2 Å². The maximum atomic E-state index is 12.7. The van der Waals surface area contributed by atoms with Crippen LogP contribution in [0.4, 0.5) is 0 Å². The van der Waals surface area contributed by atoms with E-state index in [0.29, 0.717) is 22.6 Å². The zero-order chi connectivity index (χ0) is 24.0. The molecule has 1 aliphatic heterocycles. The summed E-state index contributed by atoms with van der Waals surface area (Å²) >= 11 is 0. The fourth-order valence-electron chi connectivity index (χ4n) is 4.38. The van der Waals surface area contributed by atoms with Crippen molar-refractivity contribution in [1.82, 2.24) is 14.9 Å². The first-order valence-corrected chi connectivity index (χ1v) is 12.9. The number of aryl methyl sites for hydroxylation is 3. The van der Waals surface area contributed by atoms with E-state index in [0.717, 1.165) is 37.4 Å². The molecule has 7 nitrogen and oxygen atoms in total. The maximum absolute atomic E-state index is 12.7. The van der Waals surface area contributed by atoms with Crippen LogP contribution in [-0.2, 0) is 32.6 Å². The number of benzene rings is 2. The number of carbonyl (C=O) groups excluding carboxylic acids is 1. The average molecular weight is 474 g/mol. The van der Waals surface area contributed by atoms with Gasteiger partial charge in [-0.1, -0.05) is 42.0 Å². The number of rotatable bonds is 9. The van der Waals surface area contributed by atoms with Crippen molar-refractivity contribution in [3.63, 3.8) is 0 Å². The Morgan fingerprint density at radius 3 is 2.52 bits per heavy atom. The lowest BCUT2D eigenvalue weighted by molar-refractivity contribution is -0.121. The smallest absolute Gasteiger partial charge is 0.241 e. The summed E-state index contributed by atoms with van der Waals surface area (Å²) in [6, 6.07) is 11.9. The second-order valence-corrected chi connectivity index (χ2v) is 10.6. The largest absolute Gasteiger partial charge is 0.376 e. The molecule has 1 saturated heterocycles. The summed E-state index contributed by atoms with van der Waals surface area (Å²) in [4.78, 5) is 14.9. The molecular formula is C25H35N3O4S. The van der Waals surface area contributed by atoms with E-state index in [-0.39, 0.29) is 25.0 Å². The molecule has 1 unspecified atom stereocenters. The molecule has 33 heavy (non-hydrogen) atoms. The number of nitrogens with zero attached hydrogens (tertiary/aromatic N) is 1. The molecule has 0 radical (unpaired) electrons. The molecule has 1 amide bonds. The standard InChI is InChI=1S/C25H35N3O4S/c1-18-12-19(2)25(20(3)13-18)33(30,31)27-9-8-24(29)26-15-22-6-5-7-23(14-22)17-28-10-11-32-21(4)16-28/h5-7,12-14,21,27H,8-11,15-17H2,1-4H3,(H,26,29). The average Bonchev–Trinajstić information content (AvgIpc) is 2.71. The molecule has 8 heteroatoms. The summed E-state index contributed by atoms with van der Waals surface area (Å²) in [6.45, 7) is 11.5. The molecule has 0 aliphatic carbocycles. The summed E-state index contributed by atoms with van der Waals surface area (Å²) in [5, 5.41) is 2.89. The fraction of sp³-hybridized carbons (Fsp3) is 0.480. The zero-order valence-corrected chi connectivity index (χ0v) is 20.8. The maximum Gasteiger partial charge on any atom is 0.241 e. The van der Waals surface area contributed by atoms with Gasteiger partial charge in [-0.2, -0.15) is 0 Å². The van der Waals surface area contributed by atoms with Crippen molar-refractivity contribution >= 4 is 15.9 Å². The van der Waals surface area contributed by atoms with Crippen LogP contribution >= 0.6 is 0 Å². The topological polar surface area (TPSA) is 87.7 Å². The van der Waals surface area contributed by atoms with Crippen LogP contribution in [0.1, 0.15) is 41.2 Å². The van der Waals surface area contributed by atoms with E-state index in [4.69, 9.17) is 4.74 Å². The van der Waals surface area contributed by atoms with E-state index in [1.165, 1.54) is 5.56 Å². The molecule has 180 valence electrons. The van der Waals surface area contributed by atoms with Crippen LogP contribution in [0.25, 0.3) is 0 Å². The van der Waals surface area contributed by atoms with E-state index < -0.39 is 10.0 Å². The molecule has 0 aromatic heterocycles. The van der Waals surface area contributed by atoms with E-state index >= 15 is 0 Å².